The van der Waals surface area contributed by atoms with Crippen LogP contribution in [0.3, 0.4) is 0 Å². The first-order valence-electron chi connectivity index (χ1n) is 13.2. The molecular formula is C29H44O7. The largest absolute Gasteiger partial charge is 0.461 e. The molecule has 2 bridgehead atoms. The first-order valence-corrected chi connectivity index (χ1v) is 13.2. The summed E-state index contributed by atoms with van der Waals surface area (Å²) >= 11 is 0. The van der Waals surface area contributed by atoms with Gasteiger partial charge in [-0.25, -0.2) is 0 Å². The Morgan fingerprint density at radius 3 is 2.19 bits per heavy atom. The highest BCUT2D eigenvalue weighted by Crippen LogP contribution is 2.60. The third kappa shape index (κ3) is 5.13. The van der Waals surface area contributed by atoms with Crippen molar-refractivity contribution in [3.05, 3.63) is 23.3 Å². The number of hydrogen-bond donors (Lipinski definition) is 1. The Morgan fingerprint density at radius 1 is 1.06 bits per heavy atom. The highest BCUT2D eigenvalue weighted by atomic mass is 16.6. The molecule has 0 heterocycles. The van der Waals surface area contributed by atoms with Gasteiger partial charge in [-0.2, -0.15) is 0 Å². The van der Waals surface area contributed by atoms with E-state index in [0.29, 0.717) is 25.7 Å². The fourth-order valence-corrected chi connectivity index (χ4v) is 7.04. The van der Waals surface area contributed by atoms with E-state index >= 15 is 0 Å². The highest BCUT2D eigenvalue weighted by molar-refractivity contribution is 5.72. The zero-order valence-electron chi connectivity index (χ0n) is 23.2. The van der Waals surface area contributed by atoms with E-state index in [1.807, 2.05) is 27.7 Å². The lowest BCUT2D eigenvalue weighted by molar-refractivity contribution is -0.169. The Bertz CT molecular complexity index is 947. The van der Waals surface area contributed by atoms with Gasteiger partial charge in [0, 0.05) is 38.0 Å². The molecule has 3 aliphatic rings. The van der Waals surface area contributed by atoms with Gasteiger partial charge >= 0.3 is 17.9 Å². The molecular weight excluding hydrogens is 460 g/mol. The van der Waals surface area contributed by atoms with Crippen molar-refractivity contribution in [3.8, 4) is 0 Å². The molecule has 1 N–H and O–H groups in total. The summed E-state index contributed by atoms with van der Waals surface area (Å²) in [7, 11) is 0. The summed E-state index contributed by atoms with van der Waals surface area (Å²) in [5.74, 6) is -1.53. The van der Waals surface area contributed by atoms with E-state index in [1.165, 1.54) is 13.8 Å². The highest BCUT2D eigenvalue weighted by Gasteiger charge is 2.58. The average Bonchev–Trinajstić information content (AvgIpc) is 2.74. The molecule has 8 atom stereocenters. The second kappa shape index (κ2) is 10.3. The molecule has 1 unspecified atom stereocenters. The van der Waals surface area contributed by atoms with Crippen LogP contribution in [0.25, 0.3) is 0 Å². The maximum atomic E-state index is 12.9. The summed E-state index contributed by atoms with van der Waals surface area (Å²) in [5.41, 5.74) is 1.77. The van der Waals surface area contributed by atoms with Crippen molar-refractivity contribution in [1.29, 1.82) is 0 Å². The molecule has 0 amide bonds. The van der Waals surface area contributed by atoms with Gasteiger partial charge in [0.2, 0.25) is 0 Å². The van der Waals surface area contributed by atoms with Gasteiger partial charge in [0.25, 0.3) is 0 Å². The molecule has 0 aromatic carbocycles. The Labute approximate surface area is 215 Å². The van der Waals surface area contributed by atoms with E-state index in [9.17, 15) is 19.5 Å². The predicted molar refractivity (Wildman–Crippen MR) is 136 cm³/mol. The molecule has 2 fully saturated rings. The fourth-order valence-electron chi connectivity index (χ4n) is 7.04. The fraction of sp³-hybridized carbons (Fsp3) is 0.759. The van der Waals surface area contributed by atoms with Gasteiger partial charge in [0.15, 0.2) is 0 Å². The number of hydrogen-bond acceptors (Lipinski definition) is 7. The van der Waals surface area contributed by atoms with Crippen LogP contribution in [-0.4, -0.2) is 47.4 Å². The van der Waals surface area contributed by atoms with Crippen molar-refractivity contribution >= 4 is 17.9 Å². The zero-order valence-corrected chi connectivity index (χ0v) is 23.2. The summed E-state index contributed by atoms with van der Waals surface area (Å²) in [4.78, 5) is 36.9. The second-order valence-corrected chi connectivity index (χ2v) is 12.0. The number of ether oxygens (including phenoxy) is 3. The van der Waals surface area contributed by atoms with E-state index in [0.717, 1.165) is 16.7 Å². The van der Waals surface area contributed by atoms with Crippen LogP contribution in [-0.2, 0) is 28.6 Å². The van der Waals surface area contributed by atoms with Crippen LogP contribution in [0.4, 0.5) is 0 Å². The SMILES string of the molecule is C=C1[C@@H](OC(C)=O)C[C@H](O)[C@@]2(C)C[C@H](OC(C)=O)C3=C(C)C[C@H](OC(=O)C(C)CC)[C@@H](C[C@H]12)C3(C)C. The molecule has 0 aromatic heterocycles. The Kier molecular flexibility index (Phi) is 8.14. The molecule has 3 aliphatic carbocycles. The number of aliphatic hydroxyl groups excluding tert-OH is 1. The van der Waals surface area contributed by atoms with Crippen LogP contribution in [0.2, 0.25) is 0 Å². The molecule has 202 valence electrons. The Balaban J connectivity index is 2.15. The minimum absolute atomic E-state index is 0.105. The van der Waals surface area contributed by atoms with E-state index in [2.05, 4.69) is 20.4 Å². The summed E-state index contributed by atoms with van der Waals surface area (Å²) < 4.78 is 17.7. The summed E-state index contributed by atoms with van der Waals surface area (Å²) in [6, 6.07) is 0. The molecule has 0 spiro atoms. The average molecular weight is 505 g/mol. The number of carbonyl (C=O) groups excluding carboxylic acids is 3. The van der Waals surface area contributed by atoms with Crippen molar-refractivity contribution in [1.82, 2.24) is 0 Å². The standard InChI is InChI=1S/C29H44O7/c1-10-15(2)27(33)36-23-11-16(3)26-24(35-19(6)31)14-29(9)20(12-21(23)28(26,7)8)17(4)22(13-25(29)32)34-18(5)30/h15,20-25,32H,4,10-14H2,1-3,5-9H3/t15?,20-,21-,22+,23+,24+,25+,29+/m1/s1. The van der Waals surface area contributed by atoms with Gasteiger partial charge in [0.05, 0.1) is 12.0 Å². The van der Waals surface area contributed by atoms with Crippen LogP contribution < -0.4 is 0 Å². The number of rotatable bonds is 5. The Morgan fingerprint density at radius 2 is 1.64 bits per heavy atom. The lowest BCUT2D eigenvalue weighted by Gasteiger charge is -2.57. The molecule has 0 saturated heterocycles. The van der Waals surface area contributed by atoms with Crippen molar-refractivity contribution in [2.45, 2.75) is 112 Å². The van der Waals surface area contributed by atoms with E-state index in [-0.39, 0.29) is 42.2 Å². The van der Waals surface area contributed by atoms with E-state index in [1.54, 1.807) is 0 Å². The number of esters is 3. The molecule has 36 heavy (non-hydrogen) atoms. The summed E-state index contributed by atoms with van der Waals surface area (Å²) in [5, 5.41) is 11.4. The summed E-state index contributed by atoms with van der Waals surface area (Å²) in [6.45, 7) is 19.3. The van der Waals surface area contributed by atoms with Crippen LogP contribution in [0.1, 0.15) is 87.5 Å². The van der Waals surface area contributed by atoms with Gasteiger partial charge in [-0.05, 0) is 48.7 Å². The molecule has 0 aromatic rings. The third-order valence-corrected chi connectivity index (χ3v) is 9.23. The molecule has 0 radical (unpaired) electrons. The minimum atomic E-state index is -0.792. The van der Waals surface area contributed by atoms with E-state index < -0.39 is 35.1 Å². The first kappa shape index (κ1) is 28.4. The third-order valence-electron chi connectivity index (χ3n) is 9.23. The van der Waals surface area contributed by atoms with Crippen LogP contribution in [0, 0.1) is 28.6 Å². The smallest absolute Gasteiger partial charge is 0.308 e. The lowest BCUT2D eigenvalue weighted by atomic mass is 9.50. The topological polar surface area (TPSA) is 99.1 Å². The molecule has 7 heteroatoms. The van der Waals surface area contributed by atoms with Crippen molar-refractivity contribution in [2.75, 3.05) is 0 Å². The van der Waals surface area contributed by atoms with Crippen molar-refractivity contribution in [2.24, 2.45) is 28.6 Å². The predicted octanol–water partition coefficient (Wildman–Crippen LogP) is 4.91. The van der Waals surface area contributed by atoms with Gasteiger partial charge in [-0.1, -0.05) is 46.8 Å². The van der Waals surface area contributed by atoms with Gasteiger partial charge in [-0.3, -0.25) is 14.4 Å². The lowest BCUT2D eigenvalue weighted by Crippen LogP contribution is -2.57. The number of fused-ring (bicyclic) bond motifs is 3. The normalized spacial score (nSPS) is 36.6. The molecule has 7 nitrogen and oxygen atoms in total. The van der Waals surface area contributed by atoms with Crippen LogP contribution >= 0.6 is 0 Å². The quantitative estimate of drug-likeness (QED) is 0.323. The zero-order chi connectivity index (χ0) is 27.2. The first-order chi connectivity index (χ1) is 16.6. The van der Waals surface area contributed by atoms with Gasteiger partial charge in [-0.15, -0.1) is 0 Å². The van der Waals surface area contributed by atoms with E-state index in [4.69, 9.17) is 14.2 Å². The monoisotopic (exact) mass is 504 g/mol. The maximum absolute atomic E-state index is 12.9. The molecule has 2 saturated carbocycles. The van der Waals surface area contributed by atoms with Crippen LogP contribution in [0.15, 0.2) is 23.3 Å². The van der Waals surface area contributed by atoms with Crippen LogP contribution in [0.5, 0.6) is 0 Å². The maximum Gasteiger partial charge on any atom is 0.308 e. The summed E-state index contributed by atoms with van der Waals surface area (Å²) in [6.07, 6.45) is 0.291. The van der Waals surface area contributed by atoms with Gasteiger partial charge in [0.1, 0.15) is 18.3 Å². The second-order valence-electron chi connectivity index (χ2n) is 12.0. The molecule has 0 aliphatic heterocycles. The number of aliphatic hydroxyl groups is 1. The van der Waals surface area contributed by atoms with Crippen molar-refractivity contribution < 1.29 is 33.7 Å². The number of carbonyl (C=O) groups is 3. The van der Waals surface area contributed by atoms with Crippen molar-refractivity contribution in [3.63, 3.8) is 0 Å². The molecule has 3 rings (SSSR count). The van der Waals surface area contributed by atoms with Gasteiger partial charge < -0.3 is 19.3 Å². The minimum Gasteiger partial charge on any atom is -0.461 e. The Hall–Kier alpha value is -2.15.